The highest BCUT2D eigenvalue weighted by Gasteiger charge is 2.37. The minimum Gasteiger partial charge on any atom is -0.488 e. The third-order valence-corrected chi connectivity index (χ3v) is 8.66. The molecule has 5 rings (SSSR count). The average molecular weight is 408 g/mol. The second-order valence-corrected chi connectivity index (χ2v) is 10.0. The first-order valence-electron chi connectivity index (χ1n) is 10.0. The Bertz CT molecular complexity index is 1200. The molecule has 1 heterocycles. The zero-order chi connectivity index (χ0) is 20.4. The quantitative estimate of drug-likeness (QED) is 0.396. The van der Waals surface area contributed by atoms with Crippen LogP contribution >= 0.6 is 7.14 Å². The van der Waals surface area contributed by atoms with Crippen molar-refractivity contribution < 1.29 is 9.30 Å². The summed E-state index contributed by atoms with van der Waals surface area (Å²) >= 11 is 0. The van der Waals surface area contributed by atoms with Crippen LogP contribution < -0.4 is 15.3 Å². The molecule has 1 aliphatic rings. The number of hydrogen-bond acceptors (Lipinski definition) is 2. The maximum absolute atomic E-state index is 15.0. The highest BCUT2D eigenvalue weighted by Crippen LogP contribution is 2.57. The van der Waals surface area contributed by atoms with Gasteiger partial charge in [-0.15, -0.1) is 0 Å². The van der Waals surface area contributed by atoms with Crippen molar-refractivity contribution in [2.24, 2.45) is 0 Å². The minimum absolute atomic E-state index is 0.294. The molecule has 1 aliphatic heterocycles. The van der Waals surface area contributed by atoms with E-state index in [4.69, 9.17) is 4.74 Å². The van der Waals surface area contributed by atoms with Crippen molar-refractivity contribution in [3.8, 4) is 5.75 Å². The highest BCUT2D eigenvalue weighted by molar-refractivity contribution is 7.82. The van der Waals surface area contributed by atoms with Crippen LogP contribution in [-0.4, -0.2) is 6.61 Å². The Morgan fingerprint density at radius 2 is 1.10 bits per heavy atom. The van der Waals surface area contributed by atoms with Crippen LogP contribution in [0.4, 0.5) is 0 Å². The normalized spacial score (nSPS) is 13.5. The Labute approximate surface area is 176 Å². The fraction of sp³-hybridized carbons (Fsp3) is 0.0370. The van der Waals surface area contributed by atoms with E-state index in [1.54, 1.807) is 0 Å². The molecule has 0 spiro atoms. The van der Waals surface area contributed by atoms with E-state index in [0.717, 1.165) is 38.4 Å². The van der Waals surface area contributed by atoms with Gasteiger partial charge < -0.3 is 9.30 Å². The van der Waals surface area contributed by atoms with Gasteiger partial charge in [-0.05, 0) is 11.6 Å². The Kier molecular flexibility index (Phi) is 4.86. The van der Waals surface area contributed by atoms with Gasteiger partial charge in [-0.1, -0.05) is 109 Å². The van der Waals surface area contributed by atoms with Gasteiger partial charge in [0.1, 0.15) is 12.4 Å². The first-order chi connectivity index (χ1) is 14.8. The molecule has 4 aromatic rings. The van der Waals surface area contributed by atoms with Crippen LogP contribution in [0.2, 0.25) is 0 Å². The summed E-state index contributed by atoms with van der Waals surface area (Å²) in [5.74, 6) is 0.827. The second-order valence-electron chi connectivity index (χ2n) is 7.25. The van der Waals surface area contributed by atoms with E-state index in [1.165, 1.54) is 0 Å². The van der Waals surface area contributed by atoms with E-state index in [0.29, 0.717) is 6.61 Å². The van der Waals surface area contributed by atoms with Gasteiger partial charge in [-0.25, -0.2) is 0 Å². The highest BCUT2D eigenvalue weighted by atomic mass is 31.2. The summed E-state index contributed by atoms with van der Waals surface area (Å²) in [6.45, 7) is 0.294. The predicted molar refractivity (Wildman–Crippen MR) is 124 cm³/mol. The van der Waals surface area contributed by atoms with Crippen LogP contribution in [0.25, 0.3) is 5.57 Å². The van der Waals surface area contributed by atoms with Crippen molar-refractivity contribution in [3.05, 3.63) is 132 Å². The molecule has 0 atom stereocenters. The molecule has 0 saturated heterocycles. The zero-order valence-corrected chi connectivity index (χ0v) is 17.3. The van der Waals surface area contributed by atoms with E-state index in [-0.39, 0.29) is 0 Å². The van der Waals surface area contributed by atoms with Crippen molar-refractivity contribution in [1.82, 2.24) is 0 Å². The second kappa shape index (κ2) is 7.82. The lowest BCUT2D eigenvalue weighted by atomic mass is 9.95. The molecule has 3 heteroatoms. The van der Waals surface area contributed by atoms with Gasteiger partial charge in [0.2, 0.25) is 0 Å². The average Bonchev–Trinajstić information content (AvgIpc) is 2.84. The maximum Gasteiger partial charge on any atom is 0.171 e. The van der Waals surface area contributed by atoms with Gasteiger partial charge in [-0.3, -0.25) is 0 Å². The Balaban J connectivity index is 1.88. The fourth-order valence-electron chi connectivity index (χ4n) is 4.08. The lowest BCUT2D eigenvalue weighted by Gasteiger charge is -2.30. The summed E-state index contributed by atoms with van der Waals surface area (Å²) in [5.41, 5.74) is 3.04. The molecule has 0 saturated carbocycles. The lowest BCUT2D eigenvalue weighted by Crippen LogP contribution is -2.23. The Morgan fingerprint density at radius 3 is 1.70 bits per heavy atom. The topological polar surface area (TPSA) is 26.3 Å². The fourth-order valence-corrected chi connectivity index (χ4v) is 7.00. The van der Waals surface area contributed by atoms with Gasteiger partial charge in [0, 0.05) is 27.1 Å². The molecule has 0 fully saturated rings. The lowest BCUT2D eigenvalue weighted by molar-refractivity contribution is 0.352. The van der Waals surface area contributed by atoms with E-state index < -0.39 is 7.14 Å². The molecular weight excluding hydrogens is 387 g/mol. The molecule has 0 bridgehead atoms. The number of hydrogen-bond donors (Lipinski definition) is 0. The number of ether oxygens (including phenoxy) is 1. The van der Waals surface area contributed by atoms with Crippen LogP contribution in [0.5, 0.6) is 5.75 Å². The van der Waals surface area contributed by atoms with Gasteiger partial charge in [0.05, 0.1) is 0 Å². The third-order valence-electron chi connectivity index (χ3n) is 5.49. The number of fused-ring (bicyclic) bond motifs is 1. The van der Waals surface area contributed by atoms with Crippen molar-refractivity contribution in [2.45, 2.75) is 0 Å². The van der Waals surface area contributed by atoms with Crippen LogP contribution in [0, 0.1) is 0 Å². The molecule has 0 radical (unpaired) electrons. The summed E-state index contributed by atoms with van der Waals surface area (Å²) in [6, 6.07) is 37.8. The van der Waals surface area contributed by atoms with E-state index in [2.05, 4.69) is 18.2 Å². The molecular formula is C27H21O2P. The summed E-state index contributed by atoms with van der Waals surface area (Å²) in [4.78, 5) is 0. The summed E-state index contributed by atoms with van der Waals surface area (Å²) < 4.78 is 21.2. The van der Waals surface area contributed by atoms with Crippen LogP contribution in [0.1, 0.15) is 11.1 Å². The minimum atomic E-state index is -3.12. The maximum atomic E-state index is 15.0. The Hall–Kier alpha value is -3.35. The van der Waals surface area contributed by atoms with Crippen molar-refractivity contribution >= 4 is 23.3 Å². The number of para-hydroxylation sites is 1. The summed E-state index contributed by atoms with van der Waals surface area (Å²) in [5, 5.41) is 2.48. The van der Waals surface area contributed by atoms with Gasteiger partial charge in [0.25, 0.3) is 0 Å². The zero-order valence-electron chi connectivity index (χ0n) is 16.4. The van der Waals surface area contributed by atoms with Crippen LogP contribution in [0.3, 0.4) is 0 Å². The van der Waals surface area contributed by atoms with Crippen molar-refractivity contribution in [1.29, 1.82) is 0 Å². The first-order valence-corrected chi connectivity index (χ1v) is 11.7. The smallest absolute Gasteiger partial charge is 0.171 e. The standard InChI is InChI=1S/C27H21O2P/c28-30(22-14-6-2-7-15-22,23-16-8-3-9-17-23)26-20-29-25-19-11-10-18-24(25)27(26)21-12-4-1-5-13-21/h1-19H,20H2. The third kappa shape index (κ3) is 3.10. The number of benzene rings is 4. The van der Waals surface area contributed by atoms with Crippen LogP contribution in [0.15, 0.2) is 121 Å². The first kappa shape index (κ1) is 18.7. The molecule has 0 N–H and O–H groups in total. The Morgan fingerprint density at radius 1 is 0.600 bits per heavy atom. The molecule has 0 aliphatic carbocycles. The molecule has 0 amide bonds. The van der Waals surface area contributed by atoms with Gasteiger partial charge in [0.15, 0.2) is 7.14 Å². The summed E-state index contributed by atoms with van der Waals surface area (Å²) in [6.07, 6.45) is 0. The molecule has 4 aromatic carbocycles. The largest absolute Gasteiger partial charge is 0.488 e. The van der Waals surface area contributed by atoms with E-state index in [1.807, 2.05) is 97.1 Å². The van der Waals surface area contributed by atoms with Gasteiger partial charge in [-0.2, -0.15) is 0 Å². The van der Waals surface area contributed by atoms with E-state index in [9.17, 15) is 0 Å². The van der Waals surface area contributed by atoms with Crippen molar-refractivity contribution in [3.63, 3.8) is 0 Å². The summed E-state index contributed by atoms with van der Waals surface area (Å²) in [7, 11) is -3.12. The molecule has 0 unspecified atom stereocenters. The molecule has 146 valence electrons. The predicted octanol–water partition coefficient (Wildman–Crippen LogP) is 5.85. The number of rotatable bonds is 4. The SMILES string of the molecule is O=P(C1=C(c2ccccc2)c2ccccc2OC1)(c1ccccc1)c1ccccc1. The van der Waals surface area contributed by atoms with Crippen molar-refractivity contribution in [2.75, 3.05) is 6.61 Å². The molecule has 30 heavy (non-hydrogen) atoms. The monoisotopic (exact) mass is 408 g/mol. The van der Waals surface area contributed by atoms with E-state index >= 15 is 4.57 Å². The molecule has 0 aromatic heterocycles. The van der Waals surface area contributed by atoms with Crippen LogP contribution in [-0.2, 0) is 4.57 Å². The molecule has 2 nitrogen and oxygen atoms in total. The van der Waals surface area contributed by atoms with Gasteiger partial charge >= 0.3 is 0 Å².